The summed E-state index contributed by atoms with van der Waals surface area (Å²) in [5.41, 5.74) is 1.21. The minimum absolute atomic E-state index is 0.123. The maximum Gasteiger partial charge on any atom is 0.312 e. The summed E-state index contributed by atoms with van der Waals surface area (Å²) in [7, 11) is 3.47. The monoisotopic (exact) mass is 305 g/mol. The molecule has 1 saturated heterocycles. The molecule has 1 aliphatic rings. The van der Waals surface area contributed by atoms with Crippen molar-refractivity contribution in [3.05, 3.63) is 27.8 Å². The third-order valence-electron chi connectivity index (χ3n) is 3.64. The van der Waals surface area contributed by atoms with Gasteiger partial charge in [0.25, 0.3) is 0 Å². The highest BCUT2D eigenvalue weighted by Gasteiger charge is 2.23. The molecule has 0 spiro atoms. The molecule has 7 heteroatoms. The van der Waals surface area contributed by atoms with Gasteiger partial charge in [-0.15, -0.1) is 0 Å². The zero-order valence-electron chi connectivity index (χ0n) is 12.7. The second kappa shape index (κ2) is 7.11. The largest absolute Gasteiger partial charge is 0.490 e. The van der Waals surface area contributed by atoms with E-state index in [1.807, 2.05) is 0 Å². The van der Waals surface area contributed by atoms with Crippen molar-refractivity contribution in [1.29, 1.82) is 0 Å². The minimum Gasteiger partial charge on any atom is -0.490 e. The fourth-order valence-electron chi connectivity index (χ4n) is 2.41. The molecule has 1 aliphatic heterocycles. The van der Waals surface area contributed by atoms with Crippen LogP contribution < -0.4 is 9.64 Å². The topological polar surface area (TPSA) is 79.1 Å². The Balaban J connectivity index is 2.47. The van der Waals surface area contributed by atoms with Gasteiger partial charge in [0.1, 0.15) is 6.61 Å². The number of rotatable bonds is 3. The molecule has 0 saturated carbocycles. The van der Waals surface area contributed by atoms with E-state index in [1.165, 1.54) is 13.2 Å². The highest BCUT2D eigenvalue weighted by atomic mass is 16.6. The Bertz CT molecular complexity index is 613. The molecule has 0 bridgehead atoms. The van der Waals surface area contributed by atoms with Gasteiger partial charge in [0.05, 0.1) is 23.3 Å². The van der Waals surface area contributed by atoms with E-state index < -0.39 is 4.92 Å². The fraction of sp³-hybridized carbons (Fsp3) is 0.467. The molecular formula is C15H19N3O4. The van der Waals surface area contributed by atoms with Gasteiger partial charge in [-0.2, -0.15) is 0 Å². The second-order valence-corrected chi connectivity index (χ2v) is 5.05. The van der Waals surface area contributed by atoms with Gasteiger partial charge in [-0.3, -0.25) is 10.1 Å². The molecule has 0 unspecified atom stereocenters. The van der Waals surface area contributed by atoms with Crippen LogP contribution in [-0.2, 0) is 0 Å². The molecule has 118 valence electrons. The lowest BCUT2D eigenvalue weighted by atomic mass is 10.1. The zero-order valence-corrected chi connectivity index (χ0v) is 12.7. The Kier molecular flexibility index (Phi) is 5.20. The average molecular weight is 305 g/mol. The number of anilines is 1. The van der Waals surface area contributed by atoms with Crippen molar-refractivity contribution in [1.82, 2.24) is 4.90 Å². The van der Waals surface area contributed by atoms with Crippen LogP contribution in [0.5, 0.6) is 5.75 Å². The van der Waals surface area contributed by atoms with E-state index in [4.69, 9.17) is 9.84 Å². The number of hydrogen-bond acceptors (Lipinski definition) is 6. The van der Waals surface area contributed by atoms with E-state index in [-0.39, 0.29) is 18.0 Å². The molecule has 2 rings (SSSR count). The van der Waals surface area contributed by atoms with E-state index >= 15 is 0 Å². The SMILES string of the molecule is COc1cc(N2CCN(C)CC2)c(C#CCO)cc1[N+](=O)[O-]. The van der Waals surface area contributed by atoms with Crippen molar-refractivity contribution < 1.29 is 14.8 Å². The lowest BCUT2D eigenvalue weighted by Gasteiger charge is -2.34. The lowest BCUT2D eigenvalue weighted by Crippen LogP contribution is -2.44. The number of benzene rings is 1. The number of hydrogen-bond donors (Lipinski definition) is 1. The average Bonchev–Trinajstić information content (AvgIpc) is 2.52. The number of aliphatic hydroxyl groups is 1. The quantitative estimate of drug-likeness (QED) is 0.503. The Morgan fingerprint density at radius 3 is 2.59 bits per heavy atom. The molecular weight excluding hydrogens is 286 g/mol. The first-order chi connectivity index (χ1) is 10.6. The summed E-state index contributed by atoms with van der Waals surface area (Å²) >= 11 is 0. The number of methoxy groups -OCH3 is 1. The summed E-state index contributed by atoms with van der Waals surface area (Å²) in [6, 6.07) is 3.07. The first kappa shape index (κ1) is 16.1. The van der Waals surface area contributed by atoms with Crippen LogP contribution in [0.1, 0.15) is 5.56 Å². The van der Waals surface area contributed by atoms with Gasteiger partial charge in [0.15, 0.2) is 5.75 Å². The van der Waals surface area contributed by atoms with Crippen LogP contribution in [0, 0.1) is 22.0 Å². The molecule has 22 heavy (non-hydrogen) atoms. The van der Waals surface area contributed by atoms with Crippen LogP contribution in [0.15, 0.2) is 12.1 Å². The van der Waals surface area contributed by atoms with Gasteiger partial charge in [-0.25, -0.2) is 0 Å². The molecule has 0 amide bonds. The minimum atomic E-state index is -0.489. The van der Waals surface area contributed by atoms with Crippen LogP contribution in [0.4, 0.5) is 11.4 Å². The Hall–Kier alpha value is -2.30. The van der Waals surface area contributed by atoms with Gasteiger partial charge in [-0.05, 0) is 7.05 Å². The van der Waals surface area contributed by atoms with E-state index in [0.29, 0.717) is 5.56 Å². The van der Waals surface area contributed by atoms with Gasteiger partial charge in [-0.1, -0.05) is 11.8 Å². The van der Waals surface area contributed by atoms with Crippen molar-refractivity contribution in [3.63, 3.8) is 0 Å². The summed E-state index contributed by atoms with van der Waals surface area (Å²) in [6.45, 7) is 3.15. The van der Waals surface area contributed by atoms with Crippen molar-refractivity contribution in [2.75, 3.05) is 51.8 Å². The highest BCUT2D eigenvalue weighted by molar-refractivity contribution is 5.69. The molecule has 1 heterocycles. The maximum absolute atomic E-state index is 11.1. The second-order valence-electron chi connectivity index (χ2n) is 5.05. The highest BCUT2D eigenvalue weighted by Crippen LogP contribution is 2.35. The molecule has 1 aromatic rings. The van der Waals surface area contributed by atoms with Crippen LogP contribution in [0.2, 0.25) is 0 Å². The molecule has 0 aliphatic carbocycles. The number of piperazine rings is 1. The van der Waals surface area contributed by atoms with E-state index in [0.717, 1.165) is 31.9 Å². The number of nitro benzene ring substituents is 1. The van der Waals surface area contributed by atoms with E-state index in [9.17, 15) is 10.1 Å². The molecule has 0 atom stereocenters. The van der Waals surface area contributed by atoms with Crippen molar-refractivity contribution in [2.45, 2.75) is 0 Å². The number of ether oxygens (including phenoxy) is 1. The third-order valence-corrected chi connectivity index (χ3v) is 3.64. The number of nitro groups is 1. The summed E-state index contributed by atoms with van der Waals surface area (Å²) in [5.74, 6) is 5.58. The van der Waals surface area contributed by atoms with Crippen LogP contribution >= 0.6 is 0 Å². The Labute approximate surface area is 129 Å². The first-order valence-electron chi connectivity index (χ1n) is 6.96. The van der Waals surface area contributed by atoms with Crippen molar-refractivity contribution >= 4 is 11.4 Å². The lowest BCUT2D eigenvalue weighted by molar-refractivity contribution is -0.385. The normalized spacial score (nSPS) is 15.1. The third kappa shape index (κ3) is 3.47. The Morgan fingerprint density at radius 2 is 2.05 bits per heavy atom. The number of aliphatic hydroxyl groups excluding tert-OH is 1. The molecule has 7 nitrogen and oxygen atoms in total. The van der Waals surface area contributed by atoms with Gasteiger partial charge in [0.2, 0.25) is 0 Å². The molecule has 0 radical (unpaired) electrons. The zero-order chi connectivity index (χ0) is 16.1. The van der Waals surface area contributed by atoms with E-state index in [2.05, 4.69) is 28.7 Å². The molecule has 1 aromatic carbocycles. The maximum atomic E-state index is 11.1. The van der Waals surface area contributed by atoms with Crippen LogP contribution in [-0.4, -0.2) is 61.9 Å². The van der Waals surface area contributed by atoms with Crippen LogP contribution in [0.3, 0.4) is 0 Å². The molecule has 1 fully saturated rings. The number of nitrogens with zero attached hydrogens (tertiary/aromatic N) is 3. The summed E-state index contributed by atoms with van der Waals surface area (Å²) in [6.07, 6.45) is 0. The predicted molar refractivity (Wildman–Crippen MR) is 83.3 cm³/mol. The van der Waals surface area contributed by atoms with Gasteiger partial charge < -0.3 is 19.6 Å². The number of likely N-dealkylation sites (N-methyl/N-ethyl adjacent to an activating group) is 1. The van der Waals surface area contributed by atoms with Gasteiger partial charge in [0, 0.05) is 38.3 Å². The van der Waals surface area contributed by atoms with Crippen molar-refractivity contribution in [3.8, 4) is 17.6 Å². The molecule has 1 N–H and O–H groups in total. The fourth-order valence-corrected chi connectivity index (χ4v) is 2.41. The van der Waals surface area contributed by atoms with Crippen LogP contribution in [0.25, 0.3) is 0 Å². The Morgan fingerprint density at radius 1 is 1.36 bits per heavy atom. The smallest absolute Gasteiger partial charge is 0.312 e. The standard InChI is InChI=1S/C15H19N3O4/c1-16-5-7-17(8-6-16)13-11-15(22-2)14(18(20)21)10-12(13)4-3-9-19/h10-11,19H,5-9H2,1-2H3. The molecule has 0 aromatic heterocycles. The summed E-state index contributed by atoms with van der Waals surface area (Å²) in [5, 5.41) is 20.0. The summed E-state index contributed by atoms with van der Waals surface area (Å²) < 4.78 is 5.14. The first-order valence-corrected chi connectivity index (χ1v) is 6.96. The van der Waals surface area contributed by atoms with E-state index in [1.54, 1.807) is 6.07 Å². The van der Waals surface area contributed by atoms with Crippen molar-refractivity contribution in [2.24, 2.45) is 0 Å². The summed E-state index contributed by atoms with van der Waals surface area (Å²) in [4.78, 5) is 15.0. The van der Waals surface area contributed by atoms with Gasteiger partial charge >= 0.3 is 5.69 Å². The predicted octanol–water partition coefficient (Wildman–Crippen LogP) is 0.699.